The first-order valence-corrected chi connectivity index (χ1v) is 10.6. The molecule has 1 saturated heterocycles. The fourth-order valence-electron chi connectivity index (χ4n) is 3.52. The van der Waals surface area contributed by atoms with Crippen molar-refractivity contribution in [3.05, 3.63) is 76.8 Å². The maximum absolute atomic E-state index is 14.3. The van der Waals surface area contributed by atoms with Crippen molar-refractivity contribution in [2.45, 2.75) is 10.1 Å². The van der Waals surface area contributed by atoms with E-state index in [1.807, 2.05) is 18.2 Å². The van der Waals surface area contributed by atoms with Crippen molar-refractivity contribution in [3.63, 3.8) is 0 Å². The predicted molar refractivity (Wildman–Crippen MR) is 116 cm³/mol. The summed E-state index contributed by atoms with van der Waals surface area (Å²) < 4.78 is 40.2. The second-order valence-electron chi connectivity index (χ2n) is 7.34. The fraction of sp³-hybridized carbons (Fsp3) is 0.174. The number of rotatable bonds is 5. The van der Waals surface area contributed by atoms with Gasteiger partial charge in [0.15, 0.2) is 11.6 Å². The Bertz CT molecular complexity index is 1340. The Morgan fingerprint density at radius 1 is 1.10 bits per heavy atom. The van der Waals surface area contributed by atoms with Crippen molar-refractivity contribution < 1.29 is 18.3 Å². The molecule has 0 saturated carbocycles. The Balaban J connectivity index is 1.66. The lowest BCUT2D eigenvalue weighted by Gasteiger charge is -2.25. The quantitative estimate of drug-likeness (QED) is 0.469. The van der Waals surface area contributed by atoms with Gasteiger partial charge in [-0.2, -0.15) is 0 Å². The number of pyridine rings is 1. The van der Waals surface area contributed by atoms with Crippen LogP contribution in [0.1, 0.15) is 0 Å². The molecular formula is C23H18F2N2O3S. The number of fused-ring (bicyclic) bond motifs is 1. The van der Waals surface area contributed by atoms with Gasteiger partial charge in [-0.15, -0.1) is 11.8 Å². The van der Waals surface area contributed by atoms with E-state index in [4.69, 9.17) is 9.47 Å². The van der Waals surface area contributed by atoms with Crippen LogP contribution >= 0.6 is 11.8 Å². The molecule has 3 heterocycles. The minimum absolute atomic E-state index is 0.0782. The zero-order valence-corrected chi connectivity index (χ0v) is 17.3. The minimum Gasteiger partial charge on any atom is -0.454 e. The van der Waals surface area contributed by atoms with E-state index in [2.05, 4.69) is 4.98 Å². The van der Waals surface area contributed by atoms with Crippen LogP contribution in [0.25, 0.3) is 22.0 Å². The molecule has 0 unspecified atom stereocenters. The van der Waals surface area contributed by atoms with Crippen molar-refractivity contribution in [1.82, 2.24) is 9.55 Å². The summed E-state index contributed by atoms with van der Waals surface area (Å²) in [4.78, 5) is 16.5. The Morgan fingerprint density at radius 2 is 1.90 bits per heavy atom. The van der Waals surface area contributed by atoms with E-state index in [1.165, 1.54) is 10.6 Å². The number of benzene rings is 2. The number of ether oxygens (including phenoxy) is 2. The summed E-state index contributed by atoms with van der Waals surface area (Å²) in [6.45, 7) is 1.39. The van der Waals surface area contributed by atoms with Crippen molar-refractivity contribution in [3.8, 4) is 22.6 Å². The molecule has 1 N–H and O–H groups in total. The zero-order valence-electron chi connectivity index (χ0n) is 16.5. The normalized spacial score (nSPS) is 14.0. The number of aryl methyl sites for hydroxylation is 1. The van der Waals surface area contributed by atoms with Crippen molar-refractivity contribution >= 4 is 22.7 Å². The average Bonchev–Trinajstić information content (AvgIpc) is 3.21. The summed E-state index contributed by atoms with van der Waals surface area (Å²) >= 11 is 1.69. The third-order valence-corrected chi connectivity index (χ3v) is 6.29. The highest BCUT2D eigenvalue weighted by Crippen LogP contribution is 2.40. The summed E-state index contributed by atoms with van der Waals surface area (Å²) in [6.07, 6.45) is 3.45. The summed E-state index contributed by atoms with van der Waals surface area (Å²) in [6, 6.07) is 10.7. The molecule has 2 aromatic carbocycles. The minimum atomic E-state index is -0.789. The zero-order chi connectivity index (χ0) is 21.5. The van der Waals surface area contributed by atoms with Crippen LogP contribution in [0.3, 0.4) is 0 Å². The van der Waals surface area contributed by atoms with E-state index in [0.29, 0.717) is 35.3 Å². The number of aromatic amines is 1. The van der Waals surface area contributed by atoms with Crippen LogP contribution in [-0.2, 0) is 11.8 Å². The fourth-order valence-corrected chi connectivity index (χ4v) is 4.56. The molecule has 0 aliphatic carbocycles. The molecule has 0 atom stereocenters. The number of halogens is 2. The van der Waals surface area contributed by atoms with Gasteiger partial charge in [-0.1, -0.05) is 0 Å². The van der Waals surface area contributed by atoms with Gasteiger partial charge in [0.25, 0.3) is 5.56 Å². The van der Waals surface area contributed by atoms with Crippen LogP contribution in [0.4, 0.5) is 8.78 Å². The number of nitrogens with zero attached hydrogens (tertiary/aromatic N) is 1. The molecule has 5 rings (SSSR count). The van der Waals surface area contributed by atoms with Crippen LogP contribution < -0.4 is 10.3 Å². The molecule has 1 fully saturated rings. The topological polar surface area (TPSA) is 56.2 Å². The highest BCUT2D eigenvalue weighted by molar-refractivity contribution is 8.00. The van der Waals surface area contributed by atoms with E-state index in [9.17, 15) is 13.6 Å². The summed E-state index contributed by atoms with van der Waals surface area (Å²) in [5.41, 5.74) is 1.80. The highest BCUT2D eigenvalue weighted by atomic mass is 32.2. The number of nitrogens with one attached hydrogen (secondary N) is 1. The maximum Gasteiger partial charge on any atom is 0.274 e. The molecule has 1 aliphatic heterocycles. The molecule has 1 aliphatic rings. The first-order chi connectivity index (χ1) is 15.0. The van der Waals surface area contributed by atoms with Gasteiger partial charge in [0.2, 0.25) is 0 Å². The van der Waals surface area contributed by atoms with Crippen LogP contribution in [0.15, 0.2) is 64.5 Å². The summed E-state index contributed by atoms with van der Waals surface area (Å²) in [5.74, 6) is -1.14. The molecule has 0 spiro atoms. The van der Waals surface area contributed by atoms with Gasteiger partial charge >= 0.3 is 0 Å². The van der Waals surface area contributed by atoms with E-state index >= 15 is 0 Å². The Morgan fingerprint density at radius 3 is 2.65 bits per heavy atom. The third-order valence-electron chi connectivity index (χ3n) is 5.16. The van der Waals surface area contributed by atoms with Gasteiger partial charge in [0.1, 0.15) is 17.1 Å². The lowest BCUT2D eigenvalue weighted by molar-refractivity contribution is 0.0455. The first-order valence-electron chi connectivity index (χ1n) is 9.68. The molecule has 31 heavy (non-hydrogen) atoms. The Kier molecular flexibility index (Phi) is 5.03. The van der Waals surface area contributed by atoms with Crippen LogP contribution in [0.5, 0.6) is 11.5 Å². The molecule has 5 nitrogen and oxygen atoms in total. The van der Waals surface area contributed by atoms with E-state index < -0.39 is 11.6 Å². The standard InChI is InChI=1S/C23H18F2N2O3S/c1-27-10-18(16-6-7-26-22(16)23(27)28)17-9-14(31-15-11-29-12-15)3-5-20(17)30-21-4-2-13(24)8-19(21)25/h2-10,15,26H,11-12H2,1H3. The van der Waals surface area contributed by atoms with Gasteiger partial charge in [-0.05, 0) is 36.4 Å². The lowest BCUT2D eigenvalue weighted by atomic mass is 10.0. The summed E-state index contributed by atoms with van der Waals surface area (Å²) in [7, 11) is 1.68. The van der Waals surface area contributed by atoms with Gasteiger partial charge in [-0.25, -0.2) is 8.78 Å². The number of H-pyrrole nitrogens is 1. The van der Waals surface area contributed by atoms with Gasteiger partial charge in [0.05, 0.1) is 18.5 Å². The van der Waals surface area contributed by atoms with Crippen LogP contribution in [0.2, 0.25) is 0 Å². The molecular weight excluding hydrogens is 422 g/mol. The van der Waals surface area contributed by atoms with Crippen LogP contribution in [-0.4, -0.2) is 28.0 Å². The highest BCUT2D eigenvalue weighted by Gasteiger charge is 2.22. The third kappa shape index (κ3) is 3.73. The molecule has 0 bridgehead atoms. The lowest BCUT2D eigenvalue weighted by Crippen LogP contribution is -2.29. The maximum atomic E-state index is 14.3. The molecule has 2 aromatic heterocycles. The largest absolute Gasteiger partial charge is 0.454 e. The van der Waals surface area contributed by atoms with Gasteiger partial charge in [-0.3, -0.25) is 4.79 Å². The molecule has 0 radical (unpaired) electrons. The van der Waals surface area contributed by atoms with E-state index in [1.54, 1.807) is 37.3 Å². The summed E-state index contributed by atoms with van der Waals surface area (Å²) in [5, 5.41) is 1.11. The SMILES string of the molecule is Cn1cc(-c2cc(SC3COC3)ccc2Oc2ccc(F)cc2F)c2cc[nH]c2c1=O. The van der Waals surface area contributed by atoms with Gasteiger partial charge < -0.3 is 19.0 Å². The molecule has 4 aromatic rings. The smallest absolute Gasteiger partial charge is 0.274 e. The number of hydrogen-bond acceptors (Lipinski definition) is 4. The number of hydrogen-bond donors (Lipinski definition) is 1. The van der Waals surface area contributed by atoms with Crippen molar-refractivity contribution in [2.24, 2.45) is 7.05 Å². The van der Waals surface area contributed by atoms with Crippen molar-refractivity contribution in [2.75, 3.05) is 13.2 Å². The monoisotopic (exact) mass is 440 g/mol. The number of thioether (sulfide) groups is 1. The first kappa shape index (κ1) is 19.8. The molecule has 158 valence electrons. The predicted octanol–water partition coefficient (Wildman–Crippen LogP) is 5.10. The number of aromatic nitrogens is 2. The second kappa shape index (κ2) is 7.86. The Hall–Kier alpha value is -3.10. The average molecular weight is 440 g/mol. The second-order valence-corrected chi connectivity index (χ2v) is 8.71. The van der Waals surface area contributed by atoms with Crippen molar-refractivity contribution in [1.29, 1.82) is 0 Å². The molecule has 0 amide bonds. The molecule has 8 heteroatoms. The van der Waals surface area contributed by atoms with E-state index in [-0.39, 0.29) is 11.3 Å². The Labute approximate surface area is 180 Å². The van der Waals surface area contributed by atoms with Gasteiger partial charge in [0, 0.05) is 46.9 Å². The van der Waals surface area contributed by atoms with Crippen LogP contribution in [0, 0.1) is 11.6 Å². The van der Waals surface area contributed by atoms with E-state index in [0.717, 1.165) is 28.0 Å².